The number of nitrogens with zero attached hydrogens (tertiary/aromatic N) is 1. The molecule has 22 heavy (non-hydrogen) atoms. The van der Waals surface area contributed by atoms with Gasteiger partial charge in [-0.15, -0.1) is 10.3 Å². The first-order valence-electron chi connectivity index (χ1n) is 7.26. The molecule has 121 valence electrons. The zero-order valence-corrected chi connectivity index (χ0v) is 16.4. The summed E-state index contributed by atoms with van der Waals surface area (Å²) in [6, 6.07) is 5.49. The van der Waals surface area contributed by atoms with E-state index in [1.807, 2.05) is 39.8 Å². The number of piperidine rings is 1. The molecule has 1 N–H and O–H groups in total. The van der Waals surface area contributed by atoms with Gasteiger partial charge in [-0.3, -0.25) is 4.79 Å². The van der Waals surface area contributed by atoms with E-state index in [4.69, 9.17) is 0 Å². The summed E-state index contributed by atoms with van der Waals surface area (Å²) in [5.41, 5.74) is -0.392. The lowest BCUT2D eigenvalue weighted by Crippen LogP contribution is -2.62. The van der Waals surface area contributed by atoms with E-state index in [1.54, 1.807) is 6.07 Å². The summed E-state index contributed by atoms with van der Waals surface area (Å²) in [5, 5.41) is 16.6. The molecule has 0 atom stereocenters. The van der Waals surface area contributed by atoms with E-state index in [0.717, 1.165) is 14.0 Å². The Morgan fingerprint density at radius 3 is 2.27 bits per heavy atom. The zero-order chi connectivity index (χ0) is 16.7. The minimum absolute atomic E-state index is 0.0198. The number of hydrogen-bond donors (Lipinski definition) is 1. The highest BCUT2D eigenvalue weighted by Crippen LogP contribution is 2.37. The smallest absolute Gasteiger partial charge is 0.252 e. The van der Waals surface area contributed by atoms with Crippen molar-refractivity contribution < 1.29 is 10.0 Å². The van der Waals surface area contributed by atoms with Gasteiger partial charge < -0.3 is 5.32 Å². The monoisotopic (exact) mass is 431 g/mol. The molecule has 1 amide bonds. The van der Waals surface area contributed by atoms with Gasteiger partial charge in [-0.25, -0.2) is 0 Å². The van der Waals surface area contributed by atoms with Gasteiger partial charge >= 0.3 is 0 Å². The Hall–Kier alpha value is -0.430. The third-order valence-electron chi connectivity index (χ3n) is 4.10. The van der Waals surface area contributed by atoms with Crippen LogP contribution in [-0.4, -0.2) is 28.1 Å². The molecule has 1 aliphatic rings. The van der Waals surface area contributed by atoms with Crippen LogP contribution in [0.3, 0.4) is 0 Å². The van der Waals surface area contributed by atoms with Crippen LogP contribution in [0.4, 0.5) is 0 Å². The molecule has 4 nitrogen and oxygen atoms in total. The Labute approximate surface area is 148 Å². The molecule has 0 spiro atoms. The molecular formula is C16H21Br2N2O2. The summed E-state index contributed by atoms with van der Waals surface area (Å²) in [5.74, 6) is -0.121. The second-order valence-electron chi connectivity index (χ2n) is 7.12. The average Bonchev–Trinajstić information content (AvgIpc) is 2.38. The molecule has 1 saturated heterocycles. The summed E-state index contributed by atoms with van der Waals surface area (Å²) in [6.07, 6.45) is 1.27. The van der Waals surface area contributed by atoms with Crippen LogP contribution in [0.5, 0.6) is 0 Å². The highest BCUT2D eigenvalue weighted by Gasteiger charge is 2.46. The van der Waals surface area contributed by atoms with Gasteiger partial charge in [-0.1, -0.05) is 15.9 Å². The lowest BCUT2D eigenvalue weighted by atomic mass is 9.79. The number of amides is 1. The first kappa shape index (κ1) is 17.9. The van der Waals surface area contributed by atoms with Crippen LogP contribution in [0.15, 0.2) is 27.1 Å². The third kappa shape index (κ3) is 3.72. The van der Waals surface area contributed by atoms with Crippen LogP contribution in [-0.2, 0) is 5.21 Å². The number of benzene rings is 1. The fourth-order valence-corrected chi connectivity index (χ4v) is 4.09. The van der Waals surface area contributed by atoms with Crippen molar-refractivity contribution in [3.63, 3.8) is 0 Å². The predicted octanol–water partition coefficient (Wildman–Crippen LogP) is 4.31. The van der Waals surface area contributed by atoms with E-state index in [-0.39, 0.29) is 11.9 Å². The summed E-state index contributed by atoms with van der Waals surface area (Å²) < 4.78 is 1.61. The van der Waals surface area contributed by atoms with Gasteiger partial charge in [0, 0.05) is 26.1 Å². The lowest BCUT2D eigenvalue weighted by Gasteiger charge is -2.50. The largest absolute Gasteiger partial charge is 0.349 e. The summed E-state index contributed by atoms with van der Waals surface area (Å²) in [7, 11) is 0. The molecular weight excluding hydrogens is 412 g/mol. The van der Waals surface area contributed by atoms with Gasteiger partial charge in [0.2, 0.25) is 0 Å². The number of rotatable bonds is 2. The summed E-state index contributed by atoms with van der Waals surface area (Å²) in [4.78, 5) is 12.5. The second-order valence-corrected chi connectivity index (χ2v) is 8.89. The van der Waals surface area contributed by atoms with Crippen molar-refractivity contribution in [1.29, 1.82) is 0 Å². The van der Waals surface area contributed by atoms with Crippen molar-refractivity contribution in [2.45, 2.75) is 57.7 Å². The molecule has 1 radical (unpaired) electrons. The standard InChI is InChI=1S/C16H21Br2N2O2/c1-15(2)8-11(9-16(3,4)20(15)22)19-14(21)12-7-10(17)5-6-13(12)18/h5-7,11H,8-9H2,1-4H3,(H,19,21). The van der Waals surface area contributed by atoms with E-state index in [1.165, 1.54) is 0 Å². The normalized spacial score (nSPS) is 21.6. The first-order valence-corrected chi connectivity index (χ1v) is 8.85. The van der Waals surface area contributed by atoms with E-state index >= 15 is 0 Å². The van der Waals surface area contributed by atoms with E-state index < -0.39 is 11.1 Å². The molecule has 0 saturated carbocycles. The number of nitrogens with one attached hydrogen (secondary N) is 1. The fraction of sp³-hybridized carbons (Fsp3) is 0.562. The number of hydrogen-bond acceptors (Lipinski definition) is 2. The van der Waals surface area contributed by atoms with Gasteiger partial charge in [-0.05, 0) is 74.7 Å². The van der Waals surface area contributed by atoms with Crippen LogP contribution in [0, 0.1) is 0 Å². The maximum Gasteiger partial charge on any atom is 0.252 e. The van der Waals surface area contributed by atoms with Crippen molar-refractivity contribution in [3.8, 4) is 0 Å². The number of carbonyl (C=O) groups excluding carboxylic acids is 1. The summed E-state index contributed by atoms with van der Waals surface area (Å²) >= 11 is 6.80. The Morgan fingerprint density at radius 1 is 1.18 bits per heavy atom. The van der Waals surface area contributed by atoms with Crippen molar-refractivity contribution in [1.82, 2.24) is 10.4 Å². The van der Waals surface area contributed by atoms with Crippen LogP contribution in [0.2, 0.25) is 0 Å². The van der Waals surface area contributed by atoms with E-state index in [0.29, 0.717) is 18.4 Å². The molecule has 6 heteroatoms. The minimum atomic E-state index is -0.492. The van der Waals surface area contributed by atoms with Gasteiger partial charge in [0.15, 0.2) is 0 Å². The van der Waals surface area contributed by atoms with Crippen molar-refractivity contribution in [2.24, 2.45) is 0 Å². The molecule has 1 fully saturated rings. The minimum Gasteiger partial charge on any atom is -0.349 e. The zero-order valence-electron chi connectivity index (χ0n) is 13.2. The van der Waals surface area contributed by atoms with Gasteiger partial charge in [0.25, 0.3) is 5.91 Å². The van der Waals surface area contributed by atoms with Gasteiger partial charge in [0.1, 0.15) is 0 Å². The molecule has 1 aromatic rings. The Bertz CT molecular complexity index is 570. The Kier molecular flexibility index (Phi) is 5.07. The Morgan fingerprint density at radius 2 is 1.73 bits per heavy atom. The van der Waals surface area contributed by atoms with E-state index in [9.17, 15) is 10.0 Å². The highest BCUT2D eigenvalue weighted by molar-refractivity contribution is 9.11. The molecule has 0 unspecified atom stereocenters. The van der Waals surface area contributed by atoms with Gasteiger partial charge in [0.05, 0.1) is 5.56 Å². The first-order chi connectivity index (χ1) is 10.0. The molecule has 1 aromatic carbocycles. The molecule has 0 bridgehead atoms. The number of carbonyl (C=O) groups is 1. The third-order valence-corrected chi connectivity index (χ3v) is 5.28. The number of halogens is 2. The van der Waals surface area contributed by atoms with Crippen LogP contribution in [0.25, 0.3) is 0 Å². The number of hydroxylamine groups is 2. The SMILES string of the molecule is CC1(C)CC(NC(=O)c2cc(Br)ccc2Br)CC(C)(C)N1[O]. The van der Waals surface area contributed by atoms with Crippen LogP contribution in [0.1, 0.15) is 50.9 Å². The molecule has 2 rings (SSSR count). The van der Waals surface area contributed by atoms with Crippen molar-refractivity contribution >= 4 is 37.8 Å². The highest BCUT2D eigenvalue weighted by atomic mass is 79.9. The van der Waals surface area contributed by atoms with Crippen LogP contribution >= 0.6 is 31.9 Å². The molecule has 0 aromatic heterocycles. The van der Waals surface area contributed by atoms with Crippen molar-refractivity contribution in [2.75, 3.05) is 0 Å². The fourth-order valence-electron chi connectivity index (χ4n) is 3.30. The quantitative estimate of drug-likeness (QED) is 0.756. The maximum atomic E-state index is 12.5. The Balaban J connectivity index is 2.17. The van der Waals surface area contributed by atoms with Crippen molar-refractivity contribution in [3.05, 3.63) is 32.7 Å². The molecule has 0 aliphatic carbocycles. The summed E-state index contributed by atoms with van der Waals surface area (Å²) in [6.45, 7) is 7.70. The lowest BCUT2D eigenvalue weighted by molar-refractivity contribution is -0.289. The topological polar surface area (TPSA) is 52.2 Å². The van der Waals surface area contributed by atoms with Gasteiger partial charge in [-0.2, -0.15) is 0 Å². The molecule has 1 heterocycles. The predicted molar refractivity (Wildman–Crippen MR) is 93.0 cm³/mol. The average molecular weight is 433 g/mol. The van der Waals surface area contributed by atoms with E-state index in [2.05, 4.69) is 37.2 Å². The van der Waals surface area contributed by atoms with Crippen LogP contribution < -0.4 is 5.32 Å². The maximum absolute atomic E-state index is 12.5. The molecule has 1 aliphatic heterocycles. The second kappa shape index (κ2) is 6.23.